The van der Waals surface area contributed by atoms with E-state index in [1.807, 2.05) is 0 Å². The first-order chi connectivity index (χ1) is 15.2. The summed E-state index contributed by atoms with van der Waals surface area (Å²) < 4.78 is 53.8. The van der Waals surface area contributed by atoms with E-state index >= 15 is 0 Å². The van der Waals surface area contributed by atoms with E-state index in [0.717, 1.165) is 0 Å². The van der Waals surface area contributed by atoms with Crippen molar-refractivity contribution in [3.8, 4) is 0 Å². The van der Waals surface area contributed by atoms with E-state index in [2.05, 4.69) is 5.32 Å². The van der Waals surface area contributed by atoms with Gasteiger partial charge < -0.3 is 15.0 Å². The van der Waals surface area contributed by atoms with Gasteiger partial charge in [0.25, 0.3) is 5.56 Å². The second kappa shape index (κ2) is 8.67. The summed E-state index contributed by atoms with van der Waals surface area (Å²) in [6, 6.07) is 8.57. The fraction of sp³-hybridized carbons (Fsp3) is 0.455. The van der Waals surface area contributed by atoms with Crippen LogP contribution in [0.3, 0.4) is 0 Å². The molecule has 1 aromatic carbocycles. The summed E-state index contributed by atoms with van der Waals surface area (Å²) in [5.74, 6) is -1.93. The monoisotopic (exact) mass is 453 g/mol. The van der Waals surface area contributed by atoms with E-state index in [-0.39, 0.29) is 24.6 Å². The van der Waals surface area contributed by atoms with Crippen LogP contribution in [-0.4, -0.2) is 45.9 Å². The molecule has 3 heterocycles. The topological polar surface area (TPSA) is 74.6 Å². The number of fused-ring (bicyclic) bond motifs is 3. The Bertz CT molecular complexity index is 1040. The molecule has 4 rings (SSSR count). The lowest BCUT2D eigenvalue weighted by molar-refractivity contribution is -0.143. The number of amides is 1. The molecule has 1 saturated heterocycles. The molecule has 2 N–H and O–H groups in total. The first-order valence-electron chi connectivity index (χ1n) is 10.3. The number of nitrogens with zero attached hydrogens (tertiary/aromatic N) is 2. The molecular weight excluding hydrogens is 430 g/mol. The largest absolute Gasteiger partial charge is 0.396 e. The van der Waals surface area contributed by atoms with E-state index in [0.29, 0.717) is 11.3 Å². The van der Waals surface area contributed by atoms with Crippen LogP contribution >= 0.6 is 0 Å². The zero-order chi connectivity index (χ0) is 23.0. The van der Waals surface area contributed by atoms with Crippen molar-refractivity contribution in [3.63, 3.8) is 0 Å². The van der Waals surface area contributed by atoms with Crippen molar-refractivity contribution in [1.82, 2.24) is 14.8 Å². The van der Waals surface area contributed by atoms with Gasteiger partial charge in [0.1, 0.15) is 5.82 Å². The Kier molecular flexibility index (Phi) is 6.09. The molecule has 2 aromatic rings. The Balaban J connectivity index is 1.62. The lowest BCUT2D eigenvalue weighted by Crippen LogP contribution is -2.48. The lowest BCUT2D eigenvalue weighted by atomic mass is 9.88. The fourth-order valence-corrected chi connectivity index (χ4v) is 4.97. The Morgan fingerprint density at radius 3 is 2.53 bits per heavy atom. The van der Waals surface area contributed by atoms with Crippen LogP contribution in [0.15, 0.2) is 47.3 Å². The van der Waals surface area contributed by atoms with Crippen LogP contribution < -0.4 is 10.9 Å². The van der Waals surface area contributed by atoms with Crippen molar-refractivity contribution in [3.05, 3.63) is 69.9 Å². The van der Waals surface area contributed by atoms with Gasteiger partial charge in [-0.1, -0.05) is 18.2 Å². The maximum atomic E-state index is 13.1. The van der Waals surface area contributed by atoms with Crippen molar-refractivity contribution in [1.29, 1.82) is 0 Å². The molecule has 1 amide bonds. The standard InChI is InChI=1S/C22H23F4N3O3/c23-14-6-4-13(5-7-14)10-27-21(32)20-16(12-30)15-11-29-17(2-1-3-18(29)31)19(15)28(20)9-8-22(24,25)26/h1-7,15-16,19-20,30H,8-12H2,(H,27,32)/t15-,16-,19+,20-/m1/s1. The molecule has 172 valence electrons. The number of nitrogens with one attached hydrogen (secondary N) is 1. The van der Waals surface area contributed by atoms with Crippen molar-refractivity contribution < 1.29 is 27.5 Å². The molecule has 0 spiro atoms. The van der Waals surface area contributed by atoms with E-state index in [1.54, 1.807) is 12.1 Å². The van der Waals surface area contributed by atoms with E-state index in [9.17, 15) is 32.3 Å². The molecule has 0 radical (unpaired) electrons. The highest BCUT2D eigenvalue weighted by molar-refractivity contribution is 5.82. The van der Waals surface area contributed by atoms with Crippen molar-refractivity contribution >= 4 is 5.91 Å². The number of carbonyl (C=O) groups is 1. The average molecular weight is 453 g/mol. The minimum absolute atomic E-state index is 0.0756. The Morgan fingerprint density at radius 1 is 1.16 bits per heavy atom. The van der Waals surface area contributed by atoms with Crippen LogP contribution in [0.5, 0.6) is 0 Å². The highest BCUT2D eigenvalue weighted by Gasteiger charge is 2.55. The third-order valence-electron chi connectivity index (χ3n) is 6.37. The summed E-state index contributed by atoms with van der Waals surface area (Å²) in [5, 5.41) is 12.8. The molecule has 0 saturated carbocycles. The second-order valence-electron chi connectivity index (χ2n) is 8.25. The van der Waals surface area contributed by atoms with Gasteiger partial charge in [-0.15, -0.1) is 0 Å². The summed E-state index contributed by atoms with van der Waals surface area (Å²) in [5.41, 5.74) is 0.927. The predicted molar refractivity (Wildman–Crippen MR) is 107 cm³/mol. The van der Waals surface area contributed by atoms with Crippen LogP contribution in [0, 0.1) is 17.7 Å². The highest BCUT2D eigenvalue weighted by Crippen LogP contribution is 2.49. The number of rotatable bonds is 6. The first kappa shape index (κ1) is 22.5. The summed E-state index contributed by atoms with van der Waals surface area (Å²) in [4.78, 5) is 26.8. The number of aromatic nitrogens is 1. The Morgan fingerprint density at radius 2 is 1.88 bits per heavy atom. The van der Waals surface area contributed by atoms with Gasteiger partial charge in [-0.25, -0.2) is 4.39 Å². The summed E-state index contributed by atoms with van der Waals surface area (Å²) in [6.45, 7) is -0.526. The molecule has 1 aromatic heterocycles. The van der Waals surface area contributed by atoms with Gasteiger partial charge in [0, 0.05) is 49.8 Å². The number of halogens is 4. The maximum absolute atomic E-state index is 13.1. The number of carbonyl (C=O) groups excluding carboxylic acids is 1. The average Bonchev–Trinajstić information content (AvgIpc) is 3.26. The molecule has 6 nitrogen and oxygen atoms in total. The van der Waals surface area contributed by atoms with Gasteiger partial charge in [0.05, 0.1) is 18.5 Å². The van der Waals surface area contributed by atoms with Gasteiger partial charge in [0.15, 0.2) is 0 Å². The summed E-state index contributed by atoms with van der Waals surface area (Å²) in [6.07, 6.45) is -5.54. The van der Waals surface area contributed by atoms with E-state index in [1.165, 1.54) is 39.8 Å². The number of likely N-dealkylation sites (tertiary alicyclic amines) is 1. The smallest absolute Gasteiger partial charge is 0.390 e. The minimum atomic E-state index is -4.42. The predicted octanol–water partition coefficient (Wildman–Crippen LogP) is 2.22. The van der Waals surface area contributed by atoms with Crippen molar-refractivity contribution in [2.75, 3.05) is 13.2 Å². The third kappa shape index (κ3) is 4.29. The van der Waals surface area contributed by atoms with Crippen molar-refractivity contribution in [2.45, 2.75) is 37.8 Å². The minimum Gasteiger partial charge on any atom is -0.396 e. The van der Waals surface area contributed by atoms with Crippen LogP contribution in [0.25, 0.3) is 0 Å². The van der Waals surface area contributed by atoms with Gasteiger partial charge in [0.2, 0.25) is 5.91 Å². The molecular formula is C22H23F4N3O3. The number of aliphatic hydroxyl groups is 1. The normalized spacial score (nSPS) is 24.9. The fourth-order valence-electron chi connectivity index (χ4n) is 4.97. The third-order valence-corrected chi connectivity index (χ3v) is 6.37. The zero-order valence-electron chi connectivity index (χ0n) is 17.1. The van der Waals surface area contributed by atoms with Crippen LogP contribution in [0.1, 0.15) is 23.7 Å². The molecule has 2 aliphatic heterocycles. The molecule has 0 bridgehead atoms. The number of alkyl halides is 3. The number of benzene rings is 1. The molecule has 10 heteroatoms. The van der Waals surface area contributed by atoms with Gasteiger partial charge >= 0.3 is 6.18 Å². The SMILES string of the molecule is O=C(NCc1ccc(F)cc1)[C@H]1[C@H](CO)[C@H]2Cn3c(cccc3=O)[C@H]2N1CCC(F)(F)F. The van der Waals surface area contributed by atoms with Crippen LogP contribution in [0.2, 0.25) is 0 Å². The Hall–Kier alpha value is -2.72. The van der Waals surface area contributed by atoms with E-state index < -0.39 is 55.5 Å². The number of hydrogen-bond acceptors (Lipinski definition) is 4. The molecule has 4 atom stereocenters. The van der Waals surface area contributed by atoms with Crippen molar-refractivity contribution in [2.24, 2.45) is 11.8 Å². The van der Waals surface area contributed by atoms with E-state index in [4.69, 9.17) is 0 Å². The number of pyridine rings is 1. The second-order valence-corrected chi connectivity index (χ2v) is 8.25. The Labute approximate surface area is 181 Å². The molecule has 0 aliphatic carbocycles. The number of aliphatic hydroxyl groups excluding tert-OH is 1. The molecule has 2 aliphatic rings. The summed E-state index contributed by atoms with van der Waals surface area (Å²) in [7, 11) is 0. The maximum Gasteiger partial charge on any atom is 0.390 e. The summed E-state index contributed by atoms with van der Waals surface area (Å²) >= 11 is 0. The van der Waals surface area contributed by atoms with Gasteiger partial charge in [-0.05, 0) is 23.8 Å². The van der Waals surface area contributed by atoms with Gasteiger partial charge in [-0.3, -0.25) is 14.5 Å². The quantitative estimate of drug-likeness (QED) is 0.658. The molecule has 1 fully saturated rings. The lowest BCUT2D eigenvalue weighted by Gasteiger charge is -2.31. The van der Waals surface area contributed by atoms with Gasteiger partial charge in [-0.2, -0.15) is 13.2 Å². The molecule has 0 unspecified atom stereocenters. The highest BCUT2D eigenvalue weighted by atomic mass is 19.4. The first-order valence-corrected chi connectivity index (χ1v) is 10.3. The van der Waals surface area contributed by atoms with Crippen LogP contribution in [-0.2, 0) is 17.9 Å². The zero-order valence-corrected chi connectivity index (χ0v) is 17.1. The van der Waals surface area contributed by atoms with Crippen LogP contribution in [0.4, 0.5) is 17.6 Å². The number of hydrogen-bond donors (Lipinski definition) is 2. The molecule has 32 heavy (non-hydrogen) atoms.